The average Bonchev–Trinajstić information content (AvgIpc) is 3.04. The van der Waals surface area contributed by atoms with Gasteiger partial charge in [-0.15, -0.1) is 0 Å². The lowest BCUT2D eigenvalue weighted by Crippen LogP contribution is -2.31. The summed E-state index contributed by atoms with van der Waals surface area (Å²) in [5, 5.41) is 6.14. The zero-order chi connectivity index (χ0) is 14.1. The van der Waals surface area contributed by atoms with E-state index in [4.69, 9.17) is 4.84 Å². The molecule has 3 heterocycles. The molecule has 6 nitrogen and oxygen atoms in total. The third-order valence-electron chi connectivity index (χ3n) is 3.56. The summed E-state index contributed by atoms with van der Waals surface area (Å²) in [6, 6.07) is 12.1. The van der Waals surface area contributed by atoms with E-state index in [2.05, 4.69) is 15.1 Å². The second-order valence-electron chi connectivity index (χ2n) is 4.98. The van der Waals surface area contributed by atoms with Gasteiger partial charge in [-0.25, -0.2) is 10.0 Å². The lowest BCUT2D eigenvalue weighted by molar-refractivity contribution is 0.0752. The lowest BCUT2D eigenvalue weighted by Gasteiger charge is -2.27. The van der Waals surface area contributed by atoms with E-state index in [1.807, 2.05) is 41.5 Å². The highest BCUT2D eigenvalue weighted by Crippen LogP contribution is 2.25. The van der Waals surface area contributed by atoms with Gasteiger partial charge in [0.1, 0.15) is 6.33 Å². The summed E-state index contributed by atoms with van der Waals surface area (Å²) >= 11 is 0. The number of hydroxylamine groups is 1. The Hall–Kier alpha value is -2.47. The third-order valence-corrected chi connectivity index (χ3v) is 3.56. The second kappa shape index (κ2) is 5.14. The van der Waals surface area contributed by atoms with Gasteiger partial charge in [-0.2, -0.15) is 14.6 Å². The second-order valence-corrected chi connectivity index (χ2v) is 4.98. The molecule has 1 aromatic carbocycles. The number of fused-ring (bicyclic) bond motifs is 1. The maximum Gasteiger partial charge on any atom is 0.254 e. The van der Waals surface area contributed by atoms with Crippen LogP contribution in [0.3, 0.4) is 0 Å². The molecular formula is C15H15N5O. The standard InChI is InChI=1S/C15H15N5O/c1-2-6-12(7-3-1)13-10-14(19-8-4-5-9-21-19)20-15(18-13)16-11-17-20/h1-3,6-7,10-11H,4-5,8-9H2. The molecule has 0 saturated carbocycles. The van der Waals surface area contributed by atoms with Crippen LogP contribution in [0.2, 0.25) is 0 Å². The van der Waals surface area contributed by atoms with Crippen molar-refractivity contribution in [2.45, 2.75) is 12.8 Å². The lowest BCUT2D eigenvalue weighted by atomic mass is 10.1. The molecule has 0 N–H and O–H groups in total. The molecule has 0 unspecified atom stereocenters. The Bertz CT molecular complexity index is 749. The Kier molecular flexibility index (Phi) is 3.01. The van der Waals surface area contributed by atoms with Gasteiger partial charge in [0, 0.05) is 18.2 Å². The number of anilines is 1. The molecule has 3 aromatic rings. The largest absolute Gasteiger partial charge is 0.272 e. The summed E-state index contributed by atoms with van der Waals surface area (Å²) in [5.74, 6) is 1.46. The van der Waals surface area contributed by atoms with E-state index in [1.165, 1.54) is 6.33 Å². The third kappa shape index (κ3) is 2.23. The summed E-state index contributed by atoms with van der Waals surface area (Å²) in [6.07, 6.45) is 3.72. The molecule has 0 bridgehead atoms. The molecule has 0 atom stereocenters. The van der Waals surface area contributed by atoms with Crippen LogP contribution in [0.25, 0.3) is 17.0 Å². The van der Waals surface area contributed by atoms with Crippen molar-refractivity contribution < 1.29 is 4.84 Å². The van der Waals surface area contributed by atoms with Crippen molar-refractivity contribution in [1.82, 2.24) is 19.6 Å². The van der Waals surface area contributed by atoms with Gasteiger partial charge in [0.15, 0.2) is 5.82 Å². The molecule has 2 aromatic heterocycles. The van der Waals surface area contributed by atoms with Crippen LogP contribution >= 0.6 is 0 Å². The zero-order valence-electron chi connectivity index (χ0n) is 11.5. The molecule has 0 aliphatic carbocycles. The maximum atomic E-state index is 5.75. The van der Waals surface area contributed by atoms with Crippen LogP contribution in [0.4, 0.5) is 5.82 Å². The molecule has 106 valence electrons. The molecule has 1 aliphatic rings. The molecule has 4 rings (SSSR count). The predicted molar refractivity (Wildman–Crippen MR) is 78.8 cm³/mol. The van der Waals surface area contributed by atoms with Crippen molar-refractivity contribution in [3.8, 4) is 11.3 Å². The van der Waals surface area contributed by atoms with Crippen molar-refractivity contribution >= 4 is 11.6 Å². The number of aromatic nitrogens is 4. The summed E-state index contributed by atoms with van der Waals surface area (Å²) in [7, 11) is 0. The number of nitrogens with zero attached hydrogens (tertiary/aromatic N) is 5. The van der Waals surface area contributed by atoms with E-state index in [0.29, 0.717) is 5.78 Å². The first-order valence-electron chi connectivity index (χ1n) is 7.08. The van der Waals surface area contributed by atoms with Gasteiger partial charge in [0.25, 0.3) is 5.78 Å². The van der Waals surface area contributed by atoms with Crippen LogP contribution in [0.15, 0.2) is 42.7 Å². The van der Waals surface area contributed by atoms with Crippen molar-refractivity contribution in [1.29, 1.82) is 0 Å². The van der Waals surface area contributed by atoms with Crippen molar-refractivity contribution in [2.24, 2.45) is 0 Å². The van der Waals surface area contributed by atoms with Crippen molar-refractivity contribution in [3.63, 3.8) is 0 Å². The minimum atomic E-state index is 0.584. The molecule has 0 spiro atoms. The van der Waals surface area contributed by atoms with Crippen LogP contribution in [-0.2, 0) is 4.84 Å². The quantitative estimate of drug-likeness (QED) is 0.721. The minimum absolute atomic E-state index is 0.584. The van der Waals surface area contributed by atoms with Gasteiger partial charge in [0.05, 0.1) is 12.3 Å². The van der Waals surface area contributed by atoms with Gasteiger partial charge >= 0.3 is 0 Å². The smallest absolute Gasteiger partial charge is 0.254 e. The highest BCUT2D eigenvalue weighted by molar-refractivity contribution is 5.65. The highest BCUT2D eigenvalue weighted by Gasteiger charge is 2.18. The van der Waals surface area contributed by atoms with Crippen molar-refractivity contribution in [3.05, 3.63) is 42.7 Å². The van der Waals surface area contributed by atoms with Gasteiger partial charge in [0.2, 0.25) is 0 Å². The molecule has 21 heavy (non-hydrogen) atoms. The van der Waals surface area contributed by atoms with E-state index < -0.39 is 0 Å². The number of benzene rings is 1. The summed E-state index contributed by atoms with van der Waals surface area (Å²) in [5.41, 5.74) is 1.93. The SMILES string of the molecule is c1ccc(-c2cc(N3CCCCO3)n3ncnc3n2)cc1. The Balaban J connectivity index is 1.86. The van der Waals surface area contributed by atoms with Gasteiger partial charge in [-0.1, -0.05) is 30.3 Å². The molecule has 1 aliphatic heterocycles. The number of rotatable bonds is 2. The average molecular weight is 281 g/mol. The fraction of sp³-hybridized carbons (Fsp3) is 0.267. The number of hydrogen-bond acceptors (Lipinski definition) is 5. The molecular weight excluding hydrogens is 266 g/mol. The van der Waals surface area contributed by atoms with Crippen LogP contribution in [-0.4, -0.2) is 32.7 Å². The summed E-state index contributed by atoms with van der Waals surface area (Å²) < 4.78 is 1.72. The van der Waals surface area contributed by atoms with Gasteiger partial charge in [-0.3, -0.25) is 4.84 Å². The molecule has 6 heteroatoms. The topological polar surface area (TPSA) is 55.6 Å². The van der Waals surface area contributed by atoms with E-state index in [0.717, 1.165) is 43.1 Å². The number of hydrogen-bond donors (Lipinski definition) is 0. The first-order valence-corrected chi connectivity index (χ1v) is 7.08. The first-order chi connectivity index (χ1) is 10.4. The maximum absolute atomic E-state index is 5.75. The summed E-state index contributed by atoms with van der Waals surface area (Å²) in [6.45, 7) is 1.59. The van der Waals surface area contributed by atoms with E-state index >= 15 is 0 Å². The Morgan fingerprint density at radius 1 is 1.10 bits per heavy atom. The first kappa shape index (κ1) is 12.3. The van der Waals surface area contributed by atoms with Crippen molar-refractivity contribution in [2.75, 3.05) is 18.2 Å². The van der Waals surface area contributed by atoms with E-state index in [1.54, 1.807) is 4.52 Å². The molecule has 1 fully saturated rings. The van der Waals surface area contributed by atoms with Gasteiger partial charge in [-0.05, 0) is 12.8 Å². The molecule has 0 radical (unpaired) electrons. The Labute approximate surface area is 122 Å². The Morgan fingerprint density at radius 3 is 2.81 bits per heavy atom. The zero-order valence-corrected chi connectivity index (χ0v) is 11.5. The molecule has 1 saturated heterocycles. The fourth-order valence-electron chi connectivity index (χ4n) is 2.51. The van der Waals surface area contributed by atoms with Crippen LogP contribution in [0.5, 0.6) is 0 Å². The molecule has 0 amide bonds. The van der Waals surface area contributed by atoms with E-state index in [9.17, 15) is 0 Å². The van der Waals surface area contributed by atoms with Crippen LogP contribution in [0.1, 0.15) is 12.8 Å². The minimum Gasteiger partial charge on any atom is -0.272 e. The Morgan fingerprint density at radius 2 is 2.00 bits per heavy atom. The van der Waals surface area contributed by atoms with E-state index in [-0.39, 0.29) is 0 Å². The monoisotopic (exact) mass is 281 g/mol. The van der Waals surface area contributed by atoms with Crippen LogP contribution in [0, 0.1) is 0 Å². The fourth-order valence-corrected chi connectivity index (χ4v) is 2.51. The summed E-state index contributed by atoms with van der Waals surface area (Å²) in [4.78, 5) is 14.5. The normalized spacial score (nSPS) is 15.5. The van der Waals surface area contributed by atoms with Crippen LogP contribution < -0.4 is 5.06 Å². The predicted octanol–water partition coefficient (Wildman–Crippen LogP) is 2.32. The highest BCUT2D eigenvalue weighted by atomic mass is 16.7. The van der Waals surface area contributed by atoms with Gasteiger partial charge < -0.3 is 0 Å².